The van der Waals surface area contributed by atoms with Crippen LogP contribution < -0.4 is 0 Å². The van der Waals surface area contributed by atoms with Gasteiger partial charge >= 0.3 is 0 Å². The molecule has 35 heavy (non-hydrogen) atoms. The molecule has 1 saturated heterocycles. The van der Waals surface area contributed by atoms with Crippen LogP contribution in [0.1, 0.15) is 55.8 Å². The fourth-order valence-electron chi connectivity index (χ4n) is 3.74. The van der Waals surface area contributed by atoms with Crippen LogP contribution in [-0.4, -0.2) is 48.9 Å². The zero-order valence-corrected chi connectivity index (χ0v) is 20.7. The normalized spacial score (nSPS) is 17.0. The van der Waals surface area contributed by atoms with E-state index in [0.29, 0.717) is 18.7 Å². The number of nitrogens with zero attached hydrogens (tertiary/aromatic N) is 3. The average molecular weight is 500 g/mol. The van der Waals surface area contributed by atoms with Crippen LogP contribution in [0, 0.1) is 11.8 Å². The van der Waals surface area contributed by atoms with Gasteiger partial charge in [0, 0.05) is 42.6 Å². The van der Waals surface area contributed by atoms with Gasteiger partial charge in [-0.15, -0.1) is 0 Å². The van der Waals surface area contributed by atoms with E-state index in [9.17, 15) is 8.42 Å². The number of ether oxygens (including phenoxy) is 2. The molecule has 0 bridgehead atoms. The van der Waals surface area contributed by atoms with Crippen molar-refractivity contribution in [3.05, 3.63) is 59.8 Å². The molecule has 4 rings (SSSR count). The highest BCUT2D eigenvalue weighted by atomic mass is 32.2. The van der Waals surface area contributed by atoms with Crippen molar-refractivity contribution in [3.63, 3.8) is 0 Å². The molecule has 1 fully saturated rings. The lowest BCUT2D eigenvalue weighted by molar-refractivity contribution is -0.188. The van der Waals surface area contributed by atoms with Gasteiger partial charge in [0.25, 0.3) is 10.1 Å². The van der Waals surface area contributed by atoms with Gasteiger partial charge in [0.2, 0.25) is 0 Å². The minimum Gasteiger partial charge on any atom is -0.356 e. The van der Waals surface area contributed by atoms with Gasteiger partial charge in [-0.3, -0.25) is 4.18 Å². The van der Waals surface area contributed by atoms with Gasteiger partial charge in [-0.25, -0.2) is 4.98 Å². The number of aromatic nitrogens is 3. The summed E-state index contributed by atoms with van der Waals surface area (Å²) in [5, 5.41) is 4.22. The van der Waals surface area contributed by atoms with Crippen molar-refractivity contribution in [1.29, 1.82) is 0 Å². The second-order valence-electron chi connectivity index (χ2n) is 8.33. The highest BCUT2D eigenvalue weighted by Crippen LogP contribution is 2.25. The van der Waals surface area contributed by atoms with Crippen LogP contribution in [-0.2, 0) is 30.3 Å². The number of rotatable bonds is 9. The first kappa shape index (κ1) is 25.1. The minimum atomic E-state index is -3.43. The van der Waals surface area contributed by atoms with Gasteiger partial charge in [-0.2, -0.15) is 8.42 Å². The third-order valence-electron chi connectivity index (χ3n) is 5.42. The van der Waals surface area contributed by atoms with E-state index in [1.807, 2.05) is 48.0 Å². The topological polar surface area (TPSA) is 106 Å². The molecular formula is C25H29N3O6S. The quantitative estimate of drug-likeness (QED) is 0.248. The van der Waals surface area contributed by atoms with E-state index < -0.39 is 10.1 Å². The zero-order chi connectivity index (χ0) is 24.7. The van der Waals surface area contributed by atoms with E-state index in [0.717, 1.165) is 54.8 Å². The summed E-state index contributed by atoms with van der Waals surface area (Å²) in [5.41, 5.74) is 2.47. The lowest BCUT2D eigenvalue weighted by Gasteiger charge is -2.26. The summed E-state index contributed by atoms with van der Waals surface area (Å²) >= 11 is 0. The molecule has 1 aliphatic heterocycles. The highest BCUT2D eigenvalue weighted by Gasteiger charge is 2.21. The predicted octanol–water partition coefficient (Wildman–Crippen LogP) is 3.91. The zero-order valence-electron chi connectivity index (χ0n) is 19.8. The summed E-state index contributed by atoms with van der Waals surface area (Å²) < 4.78 is 45.9. The van der Waals surface area contributed by atoms with Crippen LogP contribution in [0.4, 0.5) is 0 Å². The fraction of sp³-hybridized carbons (Fsp3) is 0.440. The minimum absolute atomic E-state index is 0.0443. The molecule has 186 valence electrons. The summed E-state index contributed by atoms with van der Waals surface area (Å²) in [4.78, 5) is 4.47. The molecule has 0 aliphatic carbocycles. The van der Waals surface area contributed by atoms with Crippen molar-refractivity contribution in [2.45, 2.75) is 51.5 Å². The van der Waals surface area contributed by atoms with Gasteiger partial charge in [-0.05, 0) is 50.5 Å². The number of imidazole rings is 1. The third kappa shape index (κ3) is 7.50. The standard InChI is InChI=1S/C25H29N3O6S/c1-19(33-24-8-4-5-15-31-24)25-26-13-14-28(25)18-22-17-23(34-27-22)21-11-9-20(10-12-21)7-3-6-16-32-35(2,29)30/h9-14,17,19,24H,4-6,8,15-16,18H2,1-2H3/t19-,24?/m0/s1. The Labute approximate surface area is 205 Å². The van der Waals surface area contributed by atoms with E-state index >= 15 is 0 Å². The summed E-state index contributed by atoms with van der Waals surface area (Å²) in [7, 11) is -3.43. The van der Waals surface area contributed by atoms with E-state index in [4.69, 9.17) is 14.0 Å². The summed E-state index contributed by atoms with van der Waals surface area (Å²) in [6.07, 6.45) is 7.71. The maximum absolute atomic E-state index is 10.9. The van der Waals surface area contributed by atoms with Gasteiger partial charge in [-0.1, -0.05) is 17.0 Å². The molecule has 2 aromatic heterocycles. The predicted molar refractivity (Wildman–Crippen MR) is 129 cm³/mol. The van der Waals surface area contributed by atoms with Crippen LogP contribution in [0.3, 0.4) is 0 Å². The molecule has 0 amide bonds. The monoisotopic (exact) mass is 499 g/mol. The Hall–Kier alpha value is -2.97. The second-order valence-corrected chi connectivity index (χ2v) is 9.97. The number of benzene rings is 1. The molecular weight excluding hydrogens is 470 g/mol. The summed E-state index contributed by atoms with van der Waals surface area (Å²) in [5.74, 6) is 7.36. The molecule has 1 unspecified atom stereocenters. The first-order chi connectivity index (χ1) is 16.9. The fourth-order valence-corrected chi connectivity index (χ4v) is 4.13. The molecule has 1 aromatic carbocycles. The van der Waals surface area contributed by atoms with E-state index in [-0.39, 0.29) is 19.0 Å². The molecule has 9 nitrogen and oxygen atoms in total. The van der Waals surface area contributed by atoms with Gasteiger partial charge < -0.3 is 18.6 Å². The maximum atomic E-state index is 10.9. The second kappa shape index (κ2) is 11.6. The van der Waals surface area contributed by atoms with Gasteiger partial charge in [0.1, 0.15) is 17.6 Å². The van der Waals surface area contributed by atoms with Crippen LogP contribution >= 0.6 is 0 Å². The Balaban J connectivity index is 1.34. The van der Waals surface area contributed by atoms with Crippen molar-refractivity contribution in [2.24, 2.45) is 0 Å². The van der Waals surface area contributed by atoms with Crippen molar-refractivity contribution < 1.29 is 26.6 Å². The van der Waals surface area contributed by atoms with Crippen molar-refractivity contribution in [3.8, 4) is 23.2 Å². The molecule has 0 N–H and O–H groups in total. The summed E-state index contributed by atoms with van der Waals surface area (Å²) in [6, 6.07) is 9.47. The number of hydrogen-bond donors (Lipinski definition) is 0. The van der Waals surface area contributed by atoms with E-state index in [2.05, 4.69) is 26.2 Å². The Morgan fingerprint density at radius 3 is 2.83 bits per heavy atom. The lowest BCUT2D eigenvalue weighted by Crippen LogP contribution is -2.24. The largest absolute Gasteiger partial charge is 0.356 e. The van der Waals surface area contributed by atoms with Crippen molar-refractivity contribution in [1.82, 2.24) is 14.7 Å². The molecule has 10 heteroatoms. The molecule has 0 saturated carbocycles. The SMILES string of the molecule is C[C@H](OC1CCCCO1)c1nccn1Cc1cc(-c2ccc(C#CCCOS(C)(=O)=O)cc2)on1. The smallest absolute Gasteiger partial charge is 0.264 e. The highest BCUT2D eigenvalue weighted by molar-refractivity contribution is 7.85. The Morgan fingerprint density at radius 2 is 2.09 bits per heavy atom. The van der Waals surface area contributed by atoms with Gasteiger partial charge in [0.05, 0.1) is 19.4 Å². The molecule has 0 spiro atoms. The van der Waals surface area contributed by atoms with Crippen LogP contribution in [0.5, 0.6) is 0 Å². The van der Waals surface area contributed by atoms with Crippen molar-refractivity contribution >= 4 is 10.1 Å². The first-order valence-corrected chi connectivity index (χ1v) is 13.4. The van der Waals surface area contributed by atoms with E-state index in [1.54, 1.807) is 6.20 Å². The molecule has 3 aromatic rings. The molecule has 0 radical (unpaired) electrons. The Bertz CT molecular complexity index is 1260. The average Bonchev–Trinajstić information content (AvgIpc) is 3.49. The van der Waals surface area contributed by atoms with Crippen LogP contribution in [0.25, 0.3) is 11.3 Å². The van der Waals surface area contributed by atoms with E-state index in [1.165, 1.54) is 0 Å². The number of hydrogen-bond acceptors (Lipinski definition) is 8. The maximum Gasteiger partial charge on any atom is 0.264 e. The Kier molecular flexibility index (Phi) is 8.36. The van der Waals surface area contributed by atoms with Gasteiger partial charge in [0.15, 0.2) is 12.1 Å². The lowest BCUT2D eigenvalue weighted by atomic mass is 10.1. The summed E-state index contributed by atoms with van der Waals surface area (Å²) in [6.45, 7) is 3.27. The molecule has 1 aliphatic rings. The molecule has 2 atom stereocenters. The third-order valence-corrected chi connectivity index (χ3v) is 6.02. The Morgan fingerprint density at radius 1 is 1.26 bits per heavy atom. The van der Waals surface area contributed by atoms with Crippen LogP contribution in [0.15, 0.2) is 47.2 Å². The van der Waals surface area contributed by atoms with Crippen molar-refractivity contribution in [2.75, 3.05) is 19.5 Å². The molecule has 3 heterocycles. The van der Waals surface area contributed by atoms with Crippen LogP contribution in [0.2, 0.25) is 0 Å². The first-order valence-electron chi connectivity index (χ1n) is 11.5.